The van der Waals surface area contributed by atoms with E-state index in [4.69, 9.17) is 9.69 Å². The number of carbonyl (C=O) groups excluding carboxylic acids is 2. The van der Waals surface area contributed by atoms with Crippen molar-refractivity contribution in [2.24, 2.45) is 5.14 Å². The number of nitrogens with two attached hydrogens (primary N) is 1. The summed E-state index contributed by atoms with van der Waals surface area (Å²) in [6, 6.07) is 6.13. The van der Waals surface area contributed by atoms with Crippen molar-refractivity contribution in [3.8, 4) is 0 Å². The molecule has 1 fully saturated rings. The molecule has 10 nitrogen and oxygen atoms in total. The van der Waals surface area contributed by atoms with Gasteiger partial charge in [0.15, 0.2) is 5.25 Å². The second-order valence-corrected chi connectivity index (χ2v) is 7.77. The fraction of sp³-hybridized carbons (Fsp3) is 0.273. The van der Waals surface area contributed by atoms with E-state index in [1.165, 1.54) is 24.3 Å². The molecule has 2 rings (SSSR count). The van der Waals surface area contributed by atoms with E-state index in [1.807, 2.05) is 0 Å². The van der Waals surface area contributed by atoms with Crippen LogP contribution in [0.4, 0.5) is 0 Å². The minimum absolute atomic E-state index is 0. The van der Waals surface area contributed by atoms with Gasteiger partial charge in [-0.25, -0.2) is 17.9 Å². The standard InChI is InChI=1S/C11H13N3O7S2.Na.H/c12-22(17,18)9(7-4-2-1-3-5-7)10(15)13-8-6-14(11(8)16)23(19,20)21;;/h1-5,8-9H,6H2,(H,13,15)(H2,12,17,18)(H,19,20,21);;. The van der Waals surface area contributed by atoms with Gasteiger partial charge in [-0.05, 0) is 5.56 Å². The summed E-state index contributed by atoms with van der Waals surface area (Å²) >= 11 is 0. The van der Waals surface area contributed by atoms with Gasteiger partial charge in [0, 0.05) is 0 Å². The summed E-state index contributed by atoms with van der Waals surface area (Å²) in [6.07, 6.45) is 0. The Balaban J connectivity index is 0.00000288. The number of benzene rings is 1. The average Bonchev–Trinajstić information content (AvgIpc) is 2.41. The average molecular weight is 387 g/mol. The van der Waals surface area contributed by atoms with Gasteiger partial charge >= 0.3 is 39.9 Å². The van der Waals surface area contributed by atoms with E-state index in [9.17, 15) is 26.4 Å². The number of primary sulfonamides is 1. The molecule has 128 valence electrons. The Morgan fingerprint density at radius 3 is 2.21 bits per heavy atom. The molecule has 1 aromatic carbocycles. The summed E-state index contributed by atoms with van der Waals surface area (Å²) < 4.78 is 53.8. The molecule has 0 spiro atoms. The predicted octanol–water partition coefficient (Wildman–Crippen LogP) is -2.50. The SMILES string of the molecule is NS(=O)(=O)C(C(=O)NC1CN(S(=O)(=O)O)C1=O)c1ccccc1.[NaH]. The Kier molecular flexibility index (Phi) is 6.55. The molecule has 2 atom stereocenters. The van der Waals surface area contributed by atoms with Crippen molar-refractivity contribution in [1.29, 1.82) is 0 Å². The van der Waals surface area contributed by atoms with Crippen LogP contribution in [0.15, 0.2) is 30.3 Å². The van der Waals surface area contributed by atoms with Gasteiger partial charge in [0.1, 0.15) is 6.04 Å². The molecular formula is C11H14N3NaO7S2. The number of hydrogen-bond acceptors (Lipinski definition) is 6. The van der Waals surface area contributed by atoms with Gasteiger partial charge in [-0.1, -0.05) is 30.3 Å². The fourth-order valence-corrected chi connectivity index (χ4v) is 3.67. The zero-order valence-corrected chi connectivity index (χ0v) is 13.1. The maximum atomic E-state index is 12.1. The molecule has 4 N–H and O–H groups in total. The number of hydrogen-bond donors (Lipinski definition) is 3. The van der Waals surface area contributed by atoms with Gasteiger partial charge in [0.25, 0.3) is 5.91 Å². The van der Waals surface area contributed by atoms with Crippen molar-refractivity contribution in [3.05, 3.63) is 35.9 Å². The van der Waals surface area contributed by atoms with Crippen LogP contribution < -0.4 is 10.5 Å². The predicted molar refractivity (Wildman–Crippen MR) is 84.6 cm³/mol. The number of rotatable bonds is 5. The molecule has 0 aromatic heterocycles. The van der Waals surface area contributed by atoms with E-state index in [0.717, 1.165) is 0 Å². The van der Waals surface area contributed by atoms with Gasteiger partial charge in [0.2, 0.25) is 15.9 Å². The van der Waals surface area contributed by atoms with E-state index in [0.29, 0.717) is 0 Å². The Hall–Kier alpha value is -1.02. The normalized spacial score (nSPS) is 19.0. The first kappa shape index (κ1) is 21.0. The van der Waals surface area contributed by atoms with Gasteiger partial charge in [-0.3, -0.25) is 14.1 Å². The van der Waals surface area contributed by atoms with Crippen molar-refractivity contribution < 1.29 is 31.0 Å². The molecule has 0 aliphatic carbocycles. The molecular weight excluding hydrogens is 373 g/mol. The summed E-state index contributed by atoms with van der Waals surface area (Å²) in [5, 5.41) is 5.43. The number of β-lactam (4-membered cyclic amide) rings is 1. The topological polar surface area (TPSA) is 164 Å². The van der Waals surface area contributed by atoms with Crippen molar-refractivity contribution >= 4 is 61.7 Å². The third-order valence-electron chi connectivity index (χ3n) is 3.16. The number of amides is 2. The van der Waals surface area contributed by atoms with Crippen LogP contribution in [-0.4, -0.2) is 79.7 Å². The van der Waals surface area contributed by atoms with Crippen molar-refractivity contribution in [3.63, 3.8) is 0 Å². The molecule has 0 saturated carbocycles. The molecule has 2 unspecified atom stereocenters. The number of sulfonamides is 1. The van der Waals surface area contributed by atoms with Crippen LogP contribution in [-0.2, 0) is 29.9 Å². The van der Waals surface area contributed by atoms with Crippen LogP contribution in [0, 0.1) is 0 Å². The minimum atomic E-state index is -4.70. The zero-order chi connectivity index (χ0) is 17.4. The van der Waals surface area contributed by atoms with Crippen molar-refractivity contribution in [2.75, 3.05) is 6.54 Å². The monoisotopic (exact) mass is 387 g/mol. The van der Waals surface area contributed by atoms with Crippen LogP contribution in [0.2, 0.25) is 0 Å². The zero-order valence-electron chi connectivity index (χ0n) is 11.5. The maximum absolute atomic E-state index is 12.1. The third-order valence-corrected chi connectivity index (χ3v) is 5.19. The molecule has 0 bridgehead atoms. The van der Waals surface area contributed by atoms with Crippen LogP contribution in [0.25, 0.3) is 0 Å². The van der Waals surface area contributed by atoms with Crippen LogP contribution >= 0.6 is 0 Å². The quantitative estimate of drug-likeness (QED) is 0.285. The molecule has 0 radical (unpaired) electrons. The molecule has 13 heteroatoms. The van der Waals surface area contributed by atoms with E-state index in [-0.39, 0.29) is 39.4 Å². The summed E-state index contributed by atoms with van der Waals surface area (Å²) in [5.74, 6) is -2.13. The molecule has 1 aliphatic rings. The fourth-order valence-electron chi connectivity index (χ4n) is 2.08. The van der Waals surface area contributed by atoms with Gasteiger partial charge in [-0.2, -0.15) is 8.42 Å². The van der Waals surface area contributed by atoms with Crippen LogP contribution in [0.5, 0.6) is 0 Å². The first-order valence-corrected chi connectivity index (χ1v) is 9.18. The number of nitrogens with zero attached hydrogens (tertiary/aromatic N) is 1. The number of nitrogens with one attached hydrogen (secondary N) is 1. The summed E-state index contributed by atoms with van der Waals surface area (Å²) in [6.45, 7) is -0.491. The van der Waals surface area contributed by atoms with Gasteiger partial charge in [-0.15, -0.1) is 0 Å². The molecule has 1 aromatic rings. The van der Waals surface area contributed by atoms with Crippen molar-refractivity contribution in [1.82, 2.24) is 9.62 Å². The first-order chi connectivity index (χ1) is 10.5. The van der Waals surface area contributed by atoms with Gasteiger partial charge in [0.05, 0.1) is 6.54 Å². The van der Waals surface area contributed by atoms with Crippen molar-refractivity contribution in [2.45, 2.75) is 11.3 Å². The summed E-state index contributed by atoms with van der Waals surface area (Å²) in [7, 11) is -9.01. The second-order valence-electron chi connectivity index (χ2n) is 4.79. The summed E-state index contributed by atoms with van der Waals surface area (Å²) in [4.78, 5) is 23.7. The number of carbonyl (C=O) groups is 2. The van der Waals surface area contributed by atoms with E-state index >= 15 is 0 Å². The van der Waals surface area contributed by atoms with Crippen LogP contribution in [0.3, 0.4) is 0 Å². The Morgan fingerprint density at radius 2 is 1.79 bits per heavy atom. The molecule has 1 saturated heterocycles. The van der Waals surface area contributed by atoms with E-state index in [1.54, 1.807) is 6.07 Å². The van der Waals surface area contributed by atoms with Crippen LogP contribution in [0.1, 0.15) is 10.8 Å². The second kappa shape index (κ2) is 7.47. The molecule has 1 heterocycles. The molecule has 24 heavy (non-hydrogen) atoms. The molecule has 2 amide bonds. The van der Waals surface area contributed by atoms with E-state index < -0.39 is 50.0 Å². The Bertz CT molecular complexity index is 842. The Morgan fingerprint density at radius 1 is 1.25 bits per heavy atom. The summed E-state index contributed by atoms with van der Waals surface area (Å²) in [5.41, 5.74) is 0.103. The van der Waals surface area contributed by atoms with E-state index in [2.05, 4.69) is 5.32 Å². The Labute approximate surface area is 160 Å². The first-order valence-electron chi connectivity index (χ1n) is 6.17. The van der Waals surface area contributed by atoms with Gasteiger partial charge < -0.3 is 5.32 Å². The molecule has 1 aliphatic heterocycles. The third kappa shape index (κ3) is 4.53.